The highest BCUT2D eigenvalue weighted by Crippen LogP contribution is 2.19. The molecule has 0 radical (unpaired) electrons. The third-order valence-corrected chi connectivity index (χ3v) is 6.29. The van der Waals surface area contributed by atoms with Gasteiger partial charge in [-0.05, 0) is 60.2 Å². The summed E-state index contributed by atoms with van der Waals surface area (Å²) in [5.41, 5.74) is 3.33. The van der Waals surface area contributed by atoms with Crippen molar-refractivity contribution in [2.75, 3.05) is 12.9 Å². The van der Waals surface area contributed by atoms with Crippen LogP contribution in [0.1, 0.15) is 35.2 Å². The Bertz CT molecular complexity index is 1250. The average Bonchev–Trinajstić information content (AvgIpc) is 2.87. The molecule has 3 rings (SSSR count). The maximum Gasteiger partial charge on any atom is 0.264 e. The van der Waals surface area contributed by atoms with Gasteiger partial charge in [-0.2, -0.15) is 8.42 Å². The van der Waals surface area contributed by atoms with E-state index in [2.05, 4.69) is 10.6 Å². The maximum absolute atomic E-state index is 12.9. The lowest BCUT2D eigenvalue weighted by atomic mass is 10.0. The fourth-order valence-electron chi connectivity index (χ4n) is 3.53. The number of hydrogen-bond donors (Lipinski definition) is 2. The zero-order valence-electron chi connectivity index (χ0n) is 19.9. The van der Waals surface area contributed by atoms with E-state index in [0.29, 0.717) is 29.8 Å². The monoisotopic (exact) mass is 528 g/mol. The molecule has 36 heavy (non-hydrogen) atoms. The van der Waals surface area contributed by atoms with Crippen molar-refractivity contribution >= 4 is 33.5 Å². The van der Waals surface area contributed by atoms with Crippen LogP contribution < -0.4 is 10.6 Å². The number of rotatable bonds is 12. The van der Waals surface area contributed by atoms with Crippen molar-refractivity contribution in [2.45, 2.75) is 31.8 Å². The van der Waals surface area contributed by atoms with Gasteiger partial charge in [0.2, 0.25) is 5.91 Å². The van der Waals surface area contributed by atoms with Crippen LogP contribution in [0.25, 0.3) is 11.1 Å². The predicted octanol–water partition coefficient (Wildman–Crippen LogP) is 4.57. The second-order valence-electron chi connectivity index (χ2n) is 8.34. The Balaban J connectivity index is 1.63. The van der Waals surface area contributed by atoms with Crippen LogP contribution >= 0.6 is 11.6 Å². The van der Waals surface area contributed by atoms with Gasteiger partial charge in [0.05, 0.1) is 12.9 Å². The van der Waals surface area contributed by atoms with Gasteiger partial charge >= 0.3 is 0 Å². The first-order valence-corrected chi connectivity index (χ1v) is 13.7. The Hall–Kier alpha value is -3.20. The fourth-order valence-corrected chi connectivity index (χ4v) is 4.08. The van der Waals surface area contributed by atoms with E-state index in [4.69, 9.17) is 15.8 Å². The van der Waals surface area contributed by atoms with Crippen LogP contribution in [0.5, 0.6) is 0 Å². The molecule has 0 aromatic heterocycles. The molecule has 0 bridgehead atoms. The summed E-state index contributed by atoms with van der Waals surface area (Å²) in [5, 5.41) is 6.26. The van der Waals surface area contributed by atoms with Crippen LogP contribution in [0.3, 0.4) is 0 Å². The largest absolute Gasteiger partial charge is 0.350 e. The summed E-state index contributed by atoms with van der Waals surface area (Å²) in [7, 11) is -3.52. The van der Waals surface area contributed by atoms with Crippen LogP contribution in [0, 0.1) is 0 Å². The van der Waals surface area contributed by atoms with Gasteiger partial charge in [0, 0.05) is 17.1 Å². The Kier molecular flexibility index (Phi) is 10.0. The van der Waals surface area contributed by atoms with E-state index >= 15 is 0 Å². The lowest BCUT2D eigenvalue weighted by Gasteiger charge is -2.19. The third-order valence-electron chi connectivity index (χ3n) is 5.44. The van der Waals surface area contributed by atoms with Gasteiger partial charge < -0.3 is 10.6 Å². The summed E-state index contributed by atoms with van der Waals surface area (Å²) in [6.45, 7) is 0.304. The Labute approximate surface area is 217 Å². The number of halogens is 1. The lowest BCUT2D eigenvalue weighted by molar-refractivity contribution is -0.123. The number of hydrogen-bond acceptors (Lipinski definition) is 5. The molecule has 3 aromatic rings. The molecule has 0 fully saturated rings. The van der Waals surface area contributed by atoms with Crippen molar-refractivity contribution < 1.29 is 22.2 Å². The zero-order valence-corrected chi connectivity index (χ0v) is 21.5. The first-order valence-electron chi connectivity index (χ1n) is 11.5. The Morgan fingerprint density at radius 1 is 0.889 bits per heavy atom. The zero-order chi connectivity index (χ0) is 26.0. The quantitative estimate of drug-likeness (QED) is 0.265. The van der Waals surface area contributed by atoms with E-state index in [1.165, 1.54) is 0 Å². The highest BCUT2D eigenvalue weighted by atomic mass is 35.5. The number of unbranched alkanes of at least 4 members (excludes halogenated alkanes) is 1. The number of amides is 2. The van der Waals surface area contributed by atoms with E-state index in [1.807, 2.05) is 54.6 Å². The molecular weight excluding hydrogens is 500 g/mol. The SMILES string of the molecule is CS(=O)(=O)OCCCC[C@H](NC(=O)c1ccc(-c2ccccc2)cc1)C(=O)NCc1ccc(Cl)cc1. The van der Waals surface area contributed by atoms with E-state index in [-0.39, 0.29) is 25.0 Å². The number of benzene rings is 3. The fraction of sp³-hybridized carbons (Fsp3) is 0.259. The minimum absolute atomic E-state index is 0.0207. The second kappa shape index (κ2) is 13.2. The summed E-state index contributed by atoms with van der Waals surface area (Å²) < 4.78 is 27.0. The number of nitrogens with one attached hydrogen (secondary N) is 2. The Morgan fingerprint density at radius 2 is 1.53 bits per heavy atom. The molecule has 0 unspecified atom stereocenters. The number of carbonyl (C=O) groups is 2. The van der Waals surface area contributed by atoms with Crippen molar-refractivity contribution in [1.82, 2.24) is 10.6 Å². The van der Waals surface area contributed by atoms with E-state index in [0.717, 1.165) is 22.9 Å². The summed E-state index contributed by atoms with van der Waals surface area (Å²) in [6.07, 6.45) is 2.23. The summed E-state index contributed by atoms with van der Waals surface area (Å²) in [4.78, 5) is 25.9. The maximum atomic E-state index is 12.9. The normalized spacial score (nSPS) is 12.1. The Morgan fingerprint density at radius 3 is 2.17 bits per heavy atom. The summed E-state index contributed by atoms with van der Waals surface area (Å²) in [6, 6.07) is 23.3. The first kappa shape index (κ1) is 27.4. The molecule has 7 nitrogen and oxygen atoms in total. The minimum Gasteiger partial charge on any atom is -0.350 e. The molecule has 2 N–H and O–H groups in total. The first-order chi connectivity index (χ1) is 17.2. The molecule has 0 aliphatic carbocycles. The average molecular weight is 529 g/mol. The number of carbonyl (C=O) groups excluding carboxylic acids is 2. The molecule has 0 saturated carbocycles. The lowest BCUT2D eigenvalue weighted by Crippen LogP contribution is -2.46. The smallest absolute Gasteiger partial charge is 0.264 e. The van der Waals surface area contributed by atoms with Gasteiger partial charge in [-0.3, -0.25) is 13.8 Å². The molecule has 3 aromatic carbocycles. The van der Waals surface area contributed by atoms with Gasteiger partial charge in [0.15, 0.2) is 0 Å². The van der Waals surface area contributed by atoms with Crippen LogP contribution in [-0.2, 0) is 25.6 Å². The van der Waals surface area contributed by atoms with Gasteiger partial charge in [0.1, 0.15) is 6.04 Å². The van der Waals surface area contributed by atoms with Gasteiger partial charge in [-0.1, -0.05) is 66.2 Å². The molecule has 1 atom stereocenters. The summed E-state index contributed by atoms with van der Waals surface area (Å²) in [5.74, 6) is -0.697. The van der Waals surface area contributed by atoms with Crippen molar-refractivity contribution in [1.29, 1.82) is 0 Å². The molecule has 0 spiro atoms. The predicted molar refractivity (Wildman–Crippen MR) is 141 cm³/mol. The van der Waals surface area contributed by atoms with E-state index in [9.17, 15) is 18.0 Å². The van der Waals surface area contributed by atoms with Crippen LogP contribution in [0.15, 0.2) is 78.9 Å². The molecule has 0 saturated heterocycles. The van der Waals surface area contributed by atoms with Crippen LogP contribution in [0.4, 0.5) is 0 Å². The molecule has 2 amide bonds. The molecular formula is C27H29ClN2O5S. The molecule has 0 aliphatic heterocycles. The van der Waals surface area contributed by atoms with Crippen molar-refractivity contribution in [2.24, 2.45) is 0 Å². The molecule has 0 heterocycles. The van der Waals surface area contributed by atoms with Gasteiger partial charge in [0.25, 0.3) is 16.0 Å². The van der Waals surface area contributed by atoms with Gasteiger partial charge in [-0.25, -0.2) is 0 Å². The van der Waals surface area contributed by atoms with Crippen LogP contribution in [0.2, 0.25) is 5.02 Å². The second-order valence-corrected chi connectivity index (χ2v) is 10.4. The van der Waals surface area contributed by atoms with Crippen molar-refractivity contribution in [3.63, 3.8) is 0 Å². The van der Waals surface area contributed by atoms with Crippen molar-refractivity contribution in [3.8, 4) is 11.1 Å². The van der Waals surface area contributed by atoms with Gasteiger partial charge in [-0.15, -0.1) is 0 Å². The van der Waals surface area contributed by atoms with Crippen LogP contribution in [-0.4, -0.2) is 39.1 Å². The summed E-state index contributed by atoms with van der Waals surface area (Å²) >= 11 is 5.91. The highest BCUT2D eigenvalue weighted by molar-refractivity contribution is 7.85. The van der Waals surface area contributed by atoms with E-state index < -0.39 is 16.2 Å². The molecule has 190 valence electrons. The molecule has 9 heteroatoms. The topological polar surface area (TPSA) is 102 Å². The standard InChI is InChI=1S/C27H29ClN2O5S/c1-36(33,34)35-18-6-5-9-25(27(32)29-19-20-10-16-24(28)17-11-20)30-26(31)23-14-12-22(13-15-23)21-7-3-2-4-8-21/h2-4,7-8,10-17,25H,5-6,9,18-19H2,1H3,(H,29,32)(H,30,31)/t25-/m0/s1. The third kappa shape index (κ3) is 9.11. The van der Waals surface area contributed by atoms with Crippen molar-refractivity contribution in [3.05, 3.63) is 95.0 Å². The highest BCUT2D eigenvalue weighted by Gasteiger charge is 2.21. The molecule has 0 aliphatic rings. The van der Waals surface area contributed by atoms with E-state index in [1.54, 1.807) is 24.3 Å². The minimum atomic E-state index is -3.52.